The van der Waals surface area contributed by atoms with Crippen molar-refractivity contribution < 1.29 is 14.6 Å². The smallest absolute Gasteiger partial charge is 0.234 e. The normalized spacial score (nSPS) is 21.8. The van der Waals surface area contributed by atoms with Crippen LogP contribution in [-0.2, 0) is 9.53 Å². The van der Waals surface area contributed by atoms with Gasteiger partial charge >= 0.3 is 0 Å². The fourth-order valence-corrected chi connectivity index (χ4v) is 1.82. The van der Waals surface area contributed by atoms with Gasteiger partial charge in [0.1, 0.15) is 0 Å². The molecular weight excluding hydrogens is 220 g/mol. The van der Waals surface area contributed by atoms with Gasteiger partial charge in [0.15, 0.2) is 0 Å². The third kappa shape index (κ3) is 6.61. The van der Waals surface area contributed by atoms with Gasteiger partial charge in [-0.05, 0) is 33.2 Å². The van der Waals surface area contributed by atoms with Gasteiger partial charge in [-0.15, -0.1) is 0 Å². The Hall–Kier alpha value is -0.650. The molecule has 2 atom stereocenters. The van der Waals surface area contributed by atoms with E-state index < -0.39 is 0 Å². The van der Waals surface area contributed by atoms with Crippen molar-refractivity contribution in [3.05, 3.63) is 0 Å². The third-order valence-electron chi connectivity index (χ3n) is 2.89. The first kappa shape index (κ1) is 14.4. The van der Waals surface area contributed by atoms with E-state index in [9.17, 15) is 4.79 Å². The molecule has 5 heteroatoms. The molecule has 0 aromatic carbocycles. The minimum absolute atomic E-state index is 0.0218. The van der Waals surface area contributed by atoms with Crippen molar-refractivity contribution in [3.63, 3.8) is 0 Å². The van der Waals surface area contributed by atoms with Crippen molar-refractivity contribution >= 4 is 5.91 Å². The average molecular weight is 244 g/mol. The van der Waals surface area contributed by atoms with Crippen LogP contribution in [0.3, 0.4) is 0 Å². The zero-order valence-corrected chi connectivity index (χ0v) is 10.8. The third-order valence-corrected chi connectivity index (χ3v) is 2.89. The van der Waals surface area contributed by atoms with Crippen LogP contribution >= 0.6 is 0 Å². The standard InChI is InChI=1S/C12H24N2O3/c1-10(15)5-6-14(2)9-12(16)13-8-11-4-3-7-17-11/h10-11,15H,3-9H2,1-2H3,(H,13,16). The Bertz CT molecular complexity index is 228. The molecule has 0 radical (unpaired) electrons. The number of nitrogens with zero attached hydrogens (tertiary/aromatic N) is 1. The fourth-order valence-electron chi connectivity index (χ4n) is 1.82. The minimum Gasteiger partial charge on any atom is -0.393 e. The van der Waals surface area contributed by atoms with Gasteiger partial charge in [-0.1, -0.05) is 0 Å². The van der Waals surface area contributed by atoms with Crippen molar-refractivity contribution in [2.24, 2.45) is 0 Å². The molecule has 1 aliphatic rings. The number of aliphatic hydroxyl groups is 1. The Labute approximate surface area is 103 Å². The molecule has 17 heavy (non-hydrogen) atoms. The zero-order valence-electron chi connectivity index (χ0n) is 10.8. The lowest BCUT2D eigenvalue weighted by molar-refractivity contribution is -0.122. The van der Waals surface area contributed by atoms with Gasteiger partial charge in [0.2, 0.25) is 5.91 Å². The summed E-state index contributed by atoms with van der Waals surface area (Å²) >= 11 is 0. The first-order valence-electron chi connectivity index (χ1n) is 6.33. The van der Waals surface area contributed by atoms with Gasteiger partial charge in [-0.25, -0.2) is 0 Å². The Morgan fingerprint density at radius 3 is 3.00 bits per heavy atom. The number of hydrogen-bond acceptors (Lipinski definition) is 4. The summed E-state index contributed by atoms with van der Waals surface area (Å²) in [5.41, 5.74) is 0. The van der Waals surface area contributed by atoms with Gasteiger partial charge in [0, 0.05) is 19.7 Å². The van der Waals surface area contributed by atoms with Crippen LogP contribution in [0.25, 0.3) is 0 Å². The number of rotatable bonds is 7. The van der Waals surface area contributed by atoms with Crippen LogP contribution in [0, 0.1) is 0 Å². The van der Waals surface area contributed by atoms with E-state index in [1.807, 2.05) is 11.9 Å². The largest absolute Gasteiger partial charge is 0.393 e. The summed E-state index contributed by atoms with van der Waals surface area (Å²) < 4.78 is 5.43. The van der Waals surface area contributed by atoms with E-state index in [0.29, 0.717) is 19.5 Å². The number of ether oxygens (including phenoxy) is 1. The lowest BCUT2D eigenvalue weighted by atomic mass is 10.2. The second-order valence-corrected chi connectivity index (χ2v) is 4.81. The Kier molecular flexibility index (Phi) is 6.47. The molecule has 0 aromatic rings. The highest BCUT2D eigenvalue weighted by atomic mass is 16.5. The molecule has 1 saturated heterocycles. The molecule has 5 nitrogen and oxygen atoms in total. The number of aliphatic hydroxyl groups excluding tert-OH is 1. The molecule has 0 aromatic heterocycles. The van der Waals surface area contributed by atoms with Crippen molar-refractivity contribution in [2.45, 2.75) is 38.4 Å². The lowest BCUT2D eigenvalue weighted by Crippen LogP contribution is -2.39. The summed E-state index contributed by atoms with van der Waals surface area (Å²) in [4.78, 5) is 13.5. The van der Waals surface area contributed by atoms with Gasteiger partial charge in [0.05, 0.1) is 18.8 Å². The summed E-state index contributed by atoms with van der Waals surface area (Å²) in [5.74, 6) is 0.0218. The molecule has 0 spiro atoms. The molecule has 2 N–H and O–H groups in total. The molecule has 100 valence electrons. The molecule has 1 rings (SSSR count). The van der Waals surface area contributed by atoms with E-state index >= 15 is 0 Å². The predicted octanol–water partition coefficient (Wildman–Crippen LogP) is -0.0157. The molecular formula is C12H24N2O3. The maximum absolute atomic E-state index is 11.6. The number of hydrogen-bond donors (Lipinski definition) is 2. The highest BCUT2D eigenvalue weighted by molar-refractivity contribution is 5.77. The summed E-state index contributed by atoms with van der Waals surface area (Å²) in [6.45, 7) is 4.29. The van der Waals surface area contributed by atoms with E-state index in [0.717, 1.165) is 26.0 Å². The molecule has 0 aliphatic carbocycles. The summed E-state index contributed by atoms with van der Waals surface area (Å²) in [6, 6.07) is 0. The first-order chi connectivity index (χ1) is 8.08. The Balaban J connectivity index is 2.06. The van der Waals surface area contributed by atoms with Crippen molar-refractivity contribution in [3.8, 4) is 0 Å². The first-order valence-corrected chi connectivity index (χ1v) is 6.33. The second-order valence-electron chi connectivity index (χ2n) is 4.81. The van der Waals surface area contributed by atoms with Crippen LogP contribution in [0.1, 0.15) is 26.2 Å². The summed E-state index contributed by atoms with van der Waals surface area (Å²) in [6.07, 6.45) is 2.71. The van der Waals surface area contributed by atoms with Crippen molar-refractivity contribution in [2.75, 3.05) is 33.3 Å². The Morgan fingerprint density at radius 1 is 1.65 bits per heavy atom. The molecule has 0 bridgehead atoms. The minimum atomic E-state index is -0.313. The fraction of sp³-hybridized carbons (Fsp3) is 0.917. The molecule has 0 saturated carbocycles. The van der Waals surface area contributed by atoms with E-state index in [2.05, 4.69) is 5.32 Å². The SMILES string of the molecule is CC(O)CCN(C)CC(=O)NCC1CCCO1. The average Bonchev–Trinajstić information content (AvgIpc) is 2.76. The quantitative estimate of drug-likeness (QED) is 0.661. The summed E-state index contributed by atoms with van der Waals surface area (Å²) in [7, 11) is 1.88. The Morgan fingerprint density at radius 2 is 2.41 bits per heavy atom. The number of likely N-dealkylation sites (N-methyl/N-ethyl adjacent to an activating group) is 1. The monoisotopic (exact) mass is 244 g/mol. The van der Waals surface area contributed by atoms with Crippen LogP contribution in [0.15, 0.2) is 0 Å². The molecule has 1 heterocycles. The van der Waals surface area contributed by atoms with Crippen molar-refractivity contribution in [1.82, 2.24) is 10.2 Å². The lowest BCUT2D eigenvalue weighted by Gasteiger charge is -2.18. The van der Waals surface area contributed by atoms with Crippen LogP contribution in [0.2, 0.25) is 0 Å². The zero-order chi connectivity index (χ0) is 12.7. The highest BCUT2D eigenvalue weighted by Gasteiger charge is 2.16. The van der Waals surface area contributed by atoms with Crippen LogP contribution in [-0.4, -0.2) is 61.4 Å². The van der Waals surface area contributed by atoms with Crippen LogP contribution in [0.5, 0.6) is 0 Å². The van der Waals surface area contributed by atoms with Gasteiger partial charge < -0.3 is 15.2 Å². The van der Waals surface area contributed by atoms with Crippen LogP contribution in [0.4, 0.5) is 0 Å². The van der Waals surface area contributed by atoms with Gasteiger partial charge in [0.25, 0.3) is 0 Å². The number of nitrogens with one attached hydrogen (secondary N) is 1. The maximum atomic E-state index is 11.6. The van der Waals surface area contributed by atoms with Crippen LogP contribution < -0.4 is 5.32 Å². The molecule has 1 aliphatic heterocycles. The van der Waals surface area contributed by atoms with Gasteiger partial charge in [-0.3, -0.25) is 9.69 Å². The number of carbonyl (C=O) groups excluding carboxylic acids is 1. The van der Waals surface area contributed by atoms with E-state index in [1.165, 1.54) is 0 Å². The predicted molar refractivity (Wildman–Crippen MR) is 65.8 cm³/mol. The van der Waals surface area contributed by atoms with E-state index in [4.69, 9.17) is 9.84 Å². The molecule has 1 fully saturated rings. The topological polar surface area (TPSA) is 61.8 Å². The maximum Gasteiger partial charge on any atom is 0.234 e. The van der Waals surface area contributed by atoms with E-state index in [-0.39, 0.29) is 18.1 Å². The number of amides is 1. The van der Waals surface area contributed by atoms with Gasteiger partial charge in [-0.2, -0.15) is 0 Å². The summed E-state index contributed by atoms with van der Waals surface area (Å²) in [5, 5.41) is 12.0. The highest BCUT2D eigenvalue weighted by Crippen LogP contribution is 2.10. The second kappa shape index (κ2) is 7.63. The van der Waals surface area contributed by atoms with E-state index in [1.54, 1.807) is 6.92 Å². The molecule has 1 amide bonds. The van der Waals surface area contributed by atoms with Crippen molar-refractivity contribution in [1.29, 1.82) is 0 Å². The molecule has 2 unspecified atom stereocenters. The number of carbonyl (C=O) groups is 1.